The summed E-state index contributed by atoms with van der Waals surface area (Å²) in [5, 5.41) is 12.7. The summed E-state index contributed by atoms with van der Waals surface area (Å²) in [6.45, 7) is 3.59. The van der Waals surface area contributed by atoms with E-state index in [1.807, 2.05) is 0 Å². The molecule has 4 atom stereocenters. The van der Waals surface area contributed by atoms with Gasteiger partial charge in [-0.25, -0.2) is 0 Å². The van der Waals surface area contributed by atoms with Crippen LogP contribution in [-0.4, -0.2) is 65.0 Å². The summed E-state index contributed by atoms with van der Waals surface area (Å²) in [6.07, 6.45) is 19.9. The number of rotatable bonds is 7. The maximum absolute atomic E-state index is 14.0. The van der Waals surface area contributed by atoms with Crippen LogP contribution in [0.1, 0.15) is 103 Å². The van der Waals surface area contributed by atoms with Gasteiger partial charge >= 0.3 is 0 Å². The van der Waals surface area contributed by atoms with Gasteiger partial charge in [0.05, 0.1) is 6.04 Å². The van der Waals surface area contributed by atoms with Crippen LogP contribution in [0.4, 0.5) is 0 Å². The van der Waals surface area contributed by atoms with E-state index in [2.05, 4.69) is 15.0 Å². The highest BCUT2D eigenvalue weighted by Crippen LogP contribution is 2.45. The minimum absolute atomic E-state index is 0.0168. The first-order valence-electron chi connectivity index (χ1n) is 15.8. The molecule has 2 saturated heterocycles. The van der Waals surface area contributed by atoms with Crippen LogP contribution in [0.15, 0.2) is 5.16 Å². The van der Waals surface area contributed by atoms with E-state index in [1.54, 1.807) is 0 Å². The van der Waals surface area contributed by atoms with Gasteiger partial charge in [-0.2, -0.15) is 0 Å². The van der Waals surface area contributed by atoms with Crippen molar-refractivity contribution in [3.05, 3.63) is 0 Å². The molecule has 37 heavy (non-hydrogen) atoms. The minimum atomic E-state index is 0.0168. The smallest absolute Gasteiger partial charge is 0.239 e. The number of carbonyl (C=O) groups excluding carboxylic acids is 1. The van der Waals surface area contributed by atoms with Crippen molar-refractivity contribution in [2.45, 2.75) is 115 Å². The summed E-state index contributed by atoms with van der Waals surface area (Å²) in [4.78, 5) is 18.8. The van der Waals surface area contributed by atoms with E-state index in [9.17, 15) is 10.0 Å². The van der Waals surface area contributed by atoms with Crippen LogP contribution in [0.2, 0.25) is 0 Å². The largest absolute Gasteiger partial charge is 0.409 e. The van der Waals surface area contributed by atoms with Gasteiger partial charge in [-0.05, 0) is 107 Å². The zero-order chi connectivity index (χ0) is 25.8. The van der Waals surface area contributed by atoms with Gasteiger partial charge < -0.3 is 21.6 Å². The predicted molar refractivity (Wildman–Crippen MR) is 148 cm³/mol. The highest BCUT2D eigenvalue weighted by Gasteiger charge is 2.49. The van der Waals surface area contributed by atoms with Gasteiger partial charge in [0.1, 0.15) is 5.84 Å². The number of piperidine rings is 1. The van der Waals surface area contributed by atoms with Crippen molar-refractivity contribution < 1.29 is 10.0 Å². The molecule has 0 aromatic carbocycles. The average Bonchev–Trinajstić information content (AvgIpc) is 3.31. The molecule has 5 rings (SSSR count). The highest BCUT2D eigenvalue weighted by molar-refractivity contribution is 5.83. The van der Waals surface area contributed by atoms with E-state index in [0.29, 0.717) is 35.5 Å². The van der Waals surface area contributed by atoms with E-state index in [4.69, 9.17) is 11.5 Å². The Balaban J connectivity index is 1.24. The lowest BCUT2D eigenvalue weighted by atomic mass is 9.71. The van der Waals surface area contributed by atoms with Crippen molar-refractivity contribution in [3.63, 3.8) is 0 Å². The third-order valence-corrected chi connectivity index (χ3v) is 11.3. The van der Waals surface area contributed by atoms with Crippen molar-refractivity contribution in [1.29, 1.82) is 0 Å². The summed E-state index contributed by atoms with van der Waals surface area (Å²) < 4.78 is 0. The first-order chi connectivity index (χ1) is 18.1. The molecule has 1 amide bonds. The zero-order valence-corrected chi connectivity index (χ0v) is 23.1. The SMILES string of the molecule is NCCC1CCN(C(=O)C2CC3CCC(/C(N)=N\O)CC3N2CC2CCC(C3CCCCC3)CC2)CC1. The Bertz CT molecular complexity index is 768. The Morgan fingerprint density at radius 1 is 0.811 bits per heavy atom. The number of amides is 1. The number of nitrogens with two attached hydrogens (primary N) is 2. The van der Waals surface area contributed by atoms with Gasteiger partial charge in [-0.1, -0.05) is 37.3 Å². The second kappa shape index (κ2) is 12.7. The molecule has 0 bridgehead atoms. The topological polar surface area (TPSA) is 108 Å². The van der Waals surface area contributed by atoms with Crippen molar-refractivity contribution in [1.82, 2.24) is 9.80 Å². The molecule has 3 saturated carbocycles. The summed E-state index contributed by atoms with van der Waals surface area (Å²) in [7, 11) is 0. The Hall–Kier alpha value is -1.34. The van der Waals surface area contributed by atoms with Crippen LogP contribution in [0, 0.1) is 35.5 Å². The molecular weight excluding hydrogens is 462 g/mol. The Kier molecular flexibility index (Phi) is 9.33. The molecule has 2 aliphatic heterocycles. The fraction of sp³-hybridized carbons (Fsp3) is 0.933. The molecule has 0 aromatic heterocycles. The third kappa shape index (κ3) is 6.29. The number of hydrogen-bond acceptors (Lipinski definition) is 5. The molecule has 5 N–H and O–H groups in total. The normalized spacial score (nSPS) is 37.0. The van der Waals surface area contributed by atoms with E-state index in [1.165, 1.54) is 57.8 Å². The standard InChI is InChI=1S/C30H53N5O2/c31-15-12-21-13-16-34(17-14-21)30(36)28-18-25-10-11-26(29(32)33-37)19-27(25)35(28)20-22-6-8-24(9-7-22)23-4-2-1-3-5-23/h21-28,37H,1-20,31H2,(H2,32,33). The number of likely N-dealkylation sites (tertiary alicyclic amines) is 2. The van der Waals surface area contributed by atoms with Crippen molar-refractivity contribution >= 4 is 11.7 Å². The Morgan fingerprint density at radius 2 is 1.49 bits per heavy atom. The molecule has 0 aromatic rings. The fourth-order valence-corrected chi connectivity index (χ4v) is 9.03. The third-order valence-electron chi connectivity index (χ3n) is 11.3. The fourth-order valence-electron chi connectivity index (χ4n) is 9.03. The van der Waals surface area contributed by atoms with Crippen molar-refractivity contribution in [2.75, 3.05) is 26.2 Å². The van der Waals surface area contributed by atoms with Crippen molar-refractivity contribution in [3.8, 4) is 0 Å². The number of hydrogen-bond donors (Lipinski definition) is 3. The Morgan fingerprint density at radius 3 is 2.16 bits per heavy atom. The van der Waals surface area contributed by atoms with E-state index in [-0.39, 0.29) is 12.0 Å². The molecule has 7 heteroatoms. The Labute approximate surface area is 224 Å². The molecule has 5 fully saturated rings. The maximum atomic E-state index is 14.0. The van der Waals surface area contributed by atoms with Crippen LogP contribution >= 0.6 is 0 Å². The second-order valence-corrected chi connectivity index (χ2v) is 13.3. The van der Waals surface area contributed by atoms with Gasteiger partial charge in [0, 0.05) is 31.6 Å². The molecule has 0 radical (unpaired) electrons. The average molecular weight is 516 g/mol. The molecule has 5 aliphatic rings. The van der Waals surface area contributed by atoms with Crippen LogP contribution < -0.4 is 11.5 Å². The molecule has 210 valence electrons. The van der Waals surface area contributed by atoms with Gasteiger partial charge in [0.25, 0.3) is 0 Å². The first kappa shape index (κ1) is 27.2. The minimum Gasteiger partial charge on any atom is -0.409 e. The van der Waals surface area contributed by atoms with Crippen LogP contribution in [0.5, 0.6) is 0 Å². The number of carbonyl (C=O) groups is 1. The van der Waals surface area contributed by atoms with Gasteiger partial charge in [0.2, 0.25) is 5.91 Å². The number of oxime groups is 1. The molecule has 4 unspecified atom stereocenters. The summed E-state index contributed by atoms with van der Waals surface area (Å²) in [5.74, 6) is 4.74. The quantitative estimate of drug-likeness (QED) is 0.199. The lowest BCUT2D eigenvalue weighted by molar-refractivity contribution is -0.138. The number of nitrogens with zero attached hydrogens (tertiary/aromatic N) is 3. The molecule has 0 spiro atoms. The highest BCUT2D eigenvalue weighted by atomic mass is 16.4. The predicted octanol–water partition coefficient (Wildman–Crippen LogP) is 4.57. The van der Waals surface area contributed by atoms with Crippen LogP contribution in [0.3, 0.4) is 0 Å². The van der Waals surface area contributed by atoms with E-state index >= 15 is 0 Å². The lowest BCUT2D eigenvalue weighted by Gasteiger charge is -2.42. The molecule has 7 nitrogen and oxygen atoms in total. The zero-order valence-electron chi connectivity index (χ0n) is 23.1. The molecule has 2 heterocycles. The van der Waals surface area contributed by atoms with Gasteiger partial charge in [-0.15, -0.1) is 0 Å². The summed E-state index contributed by atoms with van der Waals surface area (Å²) in [6, 6.07) is 0.405. The summed E-state index contributed by atoms with van der Waals surface area (Å²) in [5.41, 5.74) is 11.9. The van der Waals surface area contributed by atoms with Gasteiger partial charge in [0.15, 0.2) is 0 Å². The van der Waals surface area contributed by atoms with Crippen LogP contribution in [0.25, 0.3) is 0 Å². The molecular formula is C30H53N5O2. The summed E-state index contributed by atoms with van der Waals surface area (Å²) >= 11 is 0. The van der Waals surface area contributed by atoms with Gasteiger partial charge in [-0.3, -0.25) is 9.69 Å². The van der Waals surface area contributed by atoms with Crippen molar-refractivity contribution in [2.24, 2.45) is 52.1 Å². The number of fused-ring (bicyclic) bond motifs is 1. The number of amidine groups is 1. The van der Waals surface area contributed by atoms with E-state index in [0.717, 1.165) is 83.0 Å². The first-order valence-corrected chi connectivity index (χ1v) is 15.8. The second-order valence-electron chi connectivity index (χ2n) is 13.3. The van der Waals surface area contributed by atoms with E-state index < -0.39 is 0 Å². The maximum Gasteiger partial charge on any atom is 0.239 e. The molecule has 3 aliphatic carbocycles. The lowest BCUT2D eigenvalue weighted by Crippen LogP contribution is -2.52. The van der Waals surface area contributed by atoms with Crippen LogP contribution in [-0.2, 0) is 4.79 Å². The monoisotopic (exact) mass is 515 g/mol.